The molecule has 2 fully saturated rings. The molecule has 1 amide bonds. The van der Waals surface area contributed by atoms with Gasteiger partial charge in [-0.3, -0.25) is 14.7 Å². The van der Waals surface area contributed by atoms with Crippen molar-refractivity contribution >= 4 is 17.2 Å². The van der Waals surface area contributed by atoms with Gasteiger partial charge >= 0.3 is 0 Å². The van der Waals surface area contributed by atoms with Crippen LogP contribution in [0.1, 0.15) is 48.5 Å². The number of likely N-dealkylation sites (tertiary alicyclic amines) is 2. The lowest BCUT2D eigenvalue weighted by atomic mass is 9.75. The van der Waals surface area contributed by atoms with E-state index in [1.165, 1.54) is 0 Å². The van der Waals surface area contributed by atoms with Crippen molar-refractivity contribution < 1.29 is 4.79 Å². The third-order valence-corrected chi connectivity index (χ3v) is 7.46. The van der Waals surface area contributed by atoms with Gasteiger partial charge in [-0.25, -0.2) is 9.97 Å². The van der Waals surface area contributed by atoms with Crippen LogP contribution in [0, 0.1) is 5.41 Å². The van der Waals surface area contributed by atoms with Crippen LogP contribution in [0.25, 0.3) is 0 Å². The fourth-order valence-electron chi connectivity index (χ4n) is 5.03. The fraction of sp³-hybridized carbons (Fsp3) is 0.478. The molecule has 5 heterocycles. The van der Waals surface area contributed by atoms with Gasteiger partial charge < -0.3 is 9.47 Å². The zero-order valence-corrected chi connectivity index (χ0v) is 18.8. The van der Waals surface area contributed by atoms with Gasteiger partial charge in [0, 0.05) is 68.3 Å². The lowest BCUT2D eigenvalue weighted by Gasteiger charge is -2.28. The lowest BCUT2D eigenvalue weighted by Crippen LogP contribution is -2.39. The molecule has 2 aliphatic heterocycles. The van der Waals surface area contributed by atoms with E-state index in [2.05, 4.69) is 39.5 Å². The maximum absolute atomic E-state index is 13.8. The first-order valence-corrected chi connectivity index (χ1v) is 11.8. The van der Waals surface area contributed by atoms with Crippen LogP contribution in [-0.2, 0) is 17.9 Å². The van der Waals surface area contributed by atoms with Crippen molar-refractivity contribution in [3.63, 3.8) is 0 Å². The van der Waals surface area contributed by atoms with E-state index in [0.29, 0.717) is 12.6 Å². The van der Waals surface area contributed by atoms with Crippen molar-refractivity contribution in [2.45, 2.75) is 45.3 Å². The molecule has 2 atom stereocenters. The standard InChI is InChI=1S/C23H28N6OS/c1-17(2)29-13-20(26-16-29)19-12-27(14-21-25-8-10-31-21)15-23(19)5-9-28(22(23)30)11-18-3-6-24-7-4-18/h3-4,6-8,10,13,16-17,19H,5,9,11-12,14-15H2,1-2H3/t19-,23-/m1/s1. The largest absolute Gasteiger partial charge is 0.338 e. The van der Waals surface area contributed by atoms with Crippen LogP contribution in [-0.4, -0.2) is 54.9 Å². The summed E-state index contributed by atoms with van der Waals surface area (Å²) in [6.45, 7) is 8.12. The van der Waals surface area contributed by atoms with E-state index in [1.54, 1.807) is 23.7 Å². The zero-order valence-electron chi connectivity index (χ0n) is 18.0. The smallest absolute Gasteiger partial charge is 0.231 e. The minimum absolute atomic E-state index is 0.0994. The van der Waals surface area contributed by atoms with Crippen LogP contribution in [0.5, 0.6) is 0 Å². The molecule has 7 nitrogen and oxygen atoms in total. The third kappa shape index (κ3) is 3.78. The minimum Gasteiger partial charge on any atom is -0.338 e. The number of hydrogen-bond donors (Lipinski definition) is 0. The van der Waals surface area contributed by atoms with Gasteiger partial charge in [-0.05, 0) is 38.0 Å². The molecule has 1 spiro atoms. The number of carbonyl (C=O) groups excluding carboxylic acids is 1. The maximum Gasteiger partial charge on any atom is 0.231 e. The summed E-state index contributed by atoms with van der Waals surface area (Å²) in [4.78, 5) is 31.6. The number of pyridine rings is 1. The number of thiazole rings is 1. The predicted octanol–water partition coefficient (Wildman–Crippen LogP) is 3.33. The molecule has 0 N–H and O–H groups in total. The molecule has 3 aromatic heterocycles. The molecule has 3 aromatic rings. The quantitative estimate of drug-likeness (QED) is 0.593. The van der Waals surface area contributed by atoms with Gasteiger partial charge in [0.15, 0.2) is 0 Å². The first-order valence-electron chi connectivity index (χ1n) is 10.9. The number of imidazole rings is 1. The van der Waals surface area contributed by atoms with Gasteiger partial charge in [-0.2, -0.15) is 0 Å². The summed E-state index contributed by atoms with van der Waals surface area (Å²) in [7, 11) is 0. The summed E-state index contributed by atoms with van der Waals surface area (Å²) in [6, 6.07) is 4.33. The maximum atomic E-state index is 13.8. The van der Waals surface area contributed by atoms with Crippen LogP contribution in [0.4, 0.5) is 0 Å². The van der Waals surface area contributed by atoms with Crippen LogP contribution >= 0.6 is 11.3 Å². The van der Waals surface area contributed by atoms with Gasteiger partial charge in [0.05, 0.1) is 24.0 Å². The highest BCUT2D eigenvalue weighted by Crippen LogP contribution is 2.50. The Morgan fingerprint density at radius 1 is 1.19 bits per heavy atom. The Morgan fingerprint density at radius 2 is 2.03 bits per heavy atom. The van der Waals surface area contributed by atoms with Crippen molar-refractivity contribution in [3.05, 3.63) is 64.9 Å². The van der Waals surface area contributed by atoms with Gasteiger partial charge in [-0.1, -0.05) is 0 Å². The van der Waals surface area contributed by atoms with E-state index in [1.807, 2.05) is 34.9 Å². The lowest BCUT2D eigenvalue weighted by molar-refractivity contribution is -0.136. The molecular weight excluding hydrogens is 408 g/mol. The molecule has 162 valence electrons. The monoisotopic (exact) mass is 436 g/mol. The topological polar surface area (TPSA) is 67.2 Å². The molecule has 5 rings (SSSR count). The molecule has 0 aromatic carbocycles. The average Bonchev–Trinajstić information content (AvgIpc) is 3.55. The summed E-state index contributed by atoms with van der Waals surface area (Å²) < 4.78 is 2.14. The van der Waals surface area contributed by atoms with Gasteiger partial charge in [-0.15, -0.1) is 11.3 Å². The summed E-state index contributed by atoms with van der Waals surface area (Å²) in [6.07, 6.45) is 10.3. The molecule has 0 aliphatic carbocycles. The van der Waals surface area contributed by atoms with Crippen molar-refractivity contribution in [2.24, 2.45) is 5.41 Å². The molecule has 2 saturated heterocycles. The fourth-order valence-corrected chi connectivity index (χ4v) is 5.69. The second-order valence-corrected chi connectivity index (χ2v) is 9.95. The Hall–Kier alpha value is -2.58. The number of amides is 1. The molecule has 31 heavy (non-hydrogen) atoms. The second kappa shape index (κ2) is 8.16. The Bertz CT molecular complexity index is 1030. The molecule has 8 heteroatoms. The van der Waals surface area contributed by atoms with E-state index >= 15 is 0 Å². The van der Waals surface area contributed by atoms with Crippen LogP contribution in [0.15, 0.2) is 48.6 Å². The molecule has 0 radical (unpaired) electrons. The Labute approximate surface area is 186 Å². The zero-order chi connectivity index (χ0) is 21.4. The Balaban J connectivity index is 1.43. The minimum atomic E-state index is -0.416. The van der Waals surface area contributed by atoms with Crippen LogP contribution in [0.3, 0.4) is 0 Å². The number of aromatic nitrogens is 4. The molecule has 2 aliphatic rings. The van der Waals surface area contributed by atoms with Crippen molar-refractivity contribution in [2.75, 3.05) is 19.6 Å². The summed E-state index contributed by atoms with van der Waals surface area (Å²) in [5.74, 6) is 0.359. The van der Waals surface area contributed by atoms with E-state index in [-0.39, 0.29) is 11.8 Å². The van der Waals surface area contributed by atoms with E-state index in [0.717, 1.165) is 48.9 Å². The summed E-state index contributed by atoms with van der Waals surface area (Å²) in [5, 5.41) is 3.11. The third-order valence-electron chi connectivity index (χ3n) is 6.69. The first kappa shape index (κ1) is 20.3. The second-order valence-electron chi connectivity index (χ2n) is 8.98. The van der Waals surface area contributed by atoms with E-state index in [4.69, 9.17) is 4.98 Å². The highest BCUT2D eigenvalue weighted by atomic mass is 32.1. The van der Waals surface area contributed by atoms with Crippen molar-refractivity contribution in [1.82, 2.24) is 29.3 Å². The Kier molecular flexibility index (Phi) is 5.35. The molecule has 0 unspecified atom stereocenters. The number of carbonyl (C=O) groups is 1. The molecular formula is C23H28N6OS. The molecule has 0 bridgehead atoms. The summed E-state index contributed by atoms with van der Waals surface area (Å²) in [5.41, 5.74) is 1.74. The SMILES string of the molecule is CC(C)n1cnc([C@H]2CN(Cc3nccs3)C[C@]23CCN(Cc2ccncc2)C3=O)c1. The number of nitrogens with zero attached hydrogens (tertiary/aromatic N) is 6. The van der Waals surface area contributed by atoms with Gasteiger partial charge in [0.25, 0.3) is 0 Å². The first-order chi connectivity index (χ1) is 15.0. The molecule has 0 saturated carbocycles. The van der Waals surface area contributed by atoms with Crippen LogP contribution < -0.4 is 0 Å². The Morgan fingerprint density at radius 3 is 2.74 bits per heavy atom. The highest BCUT2D eigenvalue weighted by Gasteiger charge is 2.57. The normalized spacial score (nSPS) is 24.2. The van der Waals surface area contributed by atoms with Gasteiger partial charge in [0.1, 0.15) is 5.01 Å². The number of hydrogen-bond acceptors (Lipinski definition) is 6. The van der Waals surface area contributed by atoms with Crippen molar-refractivity contribution in [3.8, 4) is 0 Å². The predicted molar refractivity (Wildman–Crippen MR) is 119 cm³/mol. The van der Waals surface area contributed by atoms with E-state index in [9.17, 15) is 4.79 Å². The van der Waals surface area contributed by atoms with Crippen molar-refractivity contribution in [1.29, 1.82) is 0 Å². The highest BCUT2D eigenvalue weighted by molar-refractivity contribution is 7.09. The number of rotatable bonds is 6. The summed E-state index contributed by atoms with van der Waals surface area (Å²) >= 11 is 1.68. The average molecular weight is 437 g/mol. The van der Waals surface area contributed by atoms with Gasteiger partial charge in [0.2, 0.25) is 5.91 Å². The van der Waals surface area contributed by atoms with Crippen LogP contribution in [0.2, 0.25) is 0 Å². The van der Waals surface area contributed by atoms with E-state index < -0.39 is 5.41 Å².